The van der Waals surface area contributed by atoms with Crippen LogP contribution in [-0.2, 0) is 40.5 Å². The van der Waals surface area contributed by atoms with Crippen molar-refractivity contribution >= 4 is 0 Å². The zero-order valence-electron chi connectivity index (χ0n) is 23.4. The van der Waals surface area contributed by atoms with E-state index in [0.717, 1.165) is 22.8 Å². The van der Waals surface area contributed by atoms with E-state index in [2.05, 4.69) is 11.8 Å². The fraction of sp³-hybridized carbons (Fsp3) is 0.314. The molecule has 1 aliphatic heterocycles. The summed E-state index contributed by atoms with van der Waals surface area (Å²) in [7, 11) is 0. The minimum Gasteiger partial charge on any atom is -0.369 e. The number of piperidine rings is 1. The second-order valence-corrected chi connectivity index (χ2v) is 10.6. The first kappa shape index (κ1) is 29.1. The van der Waals surface area contributed by atoms with Crippen molar-refractivity contribution in [1.82, 2.24) is 4.90 Å². The maximum atomic E-state index is 14.5. The predicted octanol–water partition coefficient (Wildman–Crippen LogP) is 6.97. The Morgan fingerprint density at radius 3 is 1.71 bits per heavy atom. The van der Waals surface area contributed by atoms with Gasteiger partial charge in [0.05, 0.1) is 25.9 Å². The Hall–Kier alpha value is -3.42. The van der Waals surface area contributed by atoms with Crippen LogP contribution in [0.3, 0.4) is 0 Å². The molecule has 0 saturated carbocycles. The summed E-state index contributed by atoms with van der Waals surface area (Å²) in [4.78, 5) is 2.25. The molecule has 5 rings (SSSR count). The minimum atomic E-state index is -0.822. The van der Waals surface area contributed by atoms with Crippen LogP contribution in [0.4, 0.5) is 8.78 Å². The van der Waals surface area contributed by atoms with Gasteiger partial charge in [0.2, 0.25) is 0 Å². The quantitative estimate of drug-likeness (QED) is 0.188. The molecule has 4 atom stereocenters. The van der Waals surface area contributed by atoms with Crippen molar-refractivity contribution in [2.24, 2.45) is 0 Å². The molecule has 0 radical (unpaired) electrons. The number of hydrogen-bond donors (Lipinski definition) is 0. The van der Waals surface area contributed by atoms with Crippen LogP contribution in [0.15, 0.2) is 109 Å². The van der Waals surface area contributed by atoms with Gasteiger partial charge in [-0.2, -0.15) is 0 Å². The zero-order chi connectivity index (χ0) is 28.4. The van der Waals surface area contributed by atoms with Crippen LogP contribution in [-0.4, -0.2) is 42.3 Å². The number of ether oxygens (including phenoxy) is 3. The molecule has 0 amide bonds. The predicted molar refractivity (Wildman–Crippen MR) is 156 cm³/mol. The van der Waals surface area contributed by atoms with Crippen molar-refractivity contribution in [2.75, 3.05) is 13.1 Å². The number of nitrogens with zero attached hydrogens (tertiary/aromatic N) is 1. The van der Waals surface area contributed by atoms with Crippen molar-refractivity contribution in [1.29, 1.82) is 0 Å². The SMILES string of the molecule is C[C@@H]1[C@@H](OCc2ccccc2)[C@H](OCc2ccccc2)[C@@H](OCc2ccccc2)CN1CCc1cccc(F)c1F. The molecule has 4 aromatic carbocycles. The van der Waals surface area contributed by atoms with Gasteiger partial charge in [-0.25, -0.2) is 8.78 Å². The highest BCUT2D eigenvalue weighted by molar-refractivity contribution is 5.20. The van der Waals surface area contributed by atoms with Crippen LogP contribution in [0.1, 0.15) is 29.2 Å². The lowest BCUT2D eigenvalue weighted by atomic mass is 9.93. The first-order valence-electron chi connectivity index (χ1n) is 14.2. The third-order valence-corrected chi connectivity index (χ3v) is 7.73. The van der Waals surface area contributed by atoms with Gasteiger partial charge in [-0.15, -0.1) is 0 Å². The van der Waals surface area contributed by atoms with Crippen LogP contribution in [0, 0.1) is 11.6 Å². The van der Waals surface area contributed by atoms with E-state index >= 15 is 0 Å². The van der Waals surface area contributed by atoms with Gasteiger partial charge in [0.1, 0.15) is 12.2 Å². The number of likely N-dealkylation sites (tertiary alicyclic amines) is 1. The molecule has 1 heterocycles. The average molecular weight is 558 g/mol. The Kier molecular flexibility index (Phi) is 10.3. The average Bonchev–Trinajstić information content (AvgIpc) is 3.01. The molecule has 0 aromatic heterocycles. The number of benzene rings is 4. The summed E-state index contributed by atoms with van der Waals surface area (Å²) in [6.45, 7) is 4.52. The van der Waals surface area contributed by atoms with Gasteiger partial charge < -0.3 is 14.2 Å². The molecule has 0 bridgehead atoms. The first-order chi connectivity index (χ1) is 20.1. The van der Waals surface area contributed by atoms with Crippen molar-refractivity contribution in [3.8, 4) is 0 Å². The van der Waals surface area contributed by atoms with Gasteiger partial charge in [-0.05, 0) is 41.7 Å². The largest absolute Gasteiger partial charge is 0.369 e. The third-order valence-electron chi connectivity index (χ3n) is 7.73. The van der Waals surface area contributed by atoms with E-state index in [1.165, 1.54) is 0 Å². The standard InChI is InChI=1S/C35H37F2NO3/c1-26-34(40-24-28-14-7-3-8-15-28)35(41-25-29-16-9-4-10-17-29)32(39-23-27-12-5-2-6-13-27)22-38(26)21-20-30-18-11-19-31(36)33(30)37/h2-19,26,32,34-35H,20-25H2,1H3/t26-,32+,34-,35-/m1/s1. The molecule has 41 heavy (non-hydrogen) atoms. The van der Waals surface area contributed by atoms with Crippen LogP contribution in [0.25, 0.3) is 0 Å². The summed E-state index contributed by atoms with van der Waals surface area (Å²) in [5, 5.41) is 0. The van der Waals surface area contributed by atoms with Crippen molar-refractivity contribution in [3.63, 3.8) is 0 Å². The van der Waals surface area contributed by atoms with Gasteiger partial charge in [0.15, 0.2) is 11.6 Å². The maximum absolute atomic E-state index is 14.5. The second kappa shape index (κ2) is 14.5. The summed E-state index contributed by atoms with van der Waals surface area (Å²) in [5.74, 6) is -1.60. The molecule has 0 unspecified atom stereocenters. The van der Waals surface area contributed by atoms with Gasteiger partial charge in [-0.3, -0.25) is 4.90 Å². The molecule has 214 valence electrons. The Balaban J connectivity index is 1.38. The molecule has 1 saturated heterocycles. The van der Waals surface area contributed by atoms with Gasteiger partial charge in [0, 0.05) is 19.1 Å². The summed E-state index contributed by atoms with van der Waals surface area (Å²) in [6.07, 6.45) is -0.570. The highest BCUT2D eigenvalue weighted by atomic mass is 19.2. The van der Waals surface area contributed by atoms with Gasteiger partial charge in [-0.1, -0.05) is 103 Å². The molecule has 0 N–H and O–H groups in total. The van der Waals surface area contributed by atoms with E-state index in [1.807, 2.05) is 91.0 Å². The number of halogens is 2. The van der Waals surface area contributed by atoms with Crippen molar-refractivity contribution < 1.29 is 23.0 Å². The van der Waals surface area contributed by atoms with Gasteiger partial charge in [0.25, 0.3) is 0 Å². The lowest BCUT2D eigenvalue weighted by molar-refractivity contribution is -0.200. The van der Waals surface area contributed by atoms with Crippen molar-refractivity contribution in [2.45, 2.75) is 57.5 Å². The van der Waals surface area contributed by atoms with Crippen LogP contribution in [0.5, 0.6) is 0 Å². The van der Waals surface area contributed by atoms with Crippen LogP contribution >= 0.6 is 0 Å². The smallest absolute Gasteiger partial charge is 0.162 e. The summed E-state index contributed by atoms with van der Waals surface area (Å²) < 4.78 is 48.1. The lowest BCUT2D eigenvalue weighted by Gasteiger charge is -2.47. The fourth-order valence-electron chi connectivity index (χ4n) is 5.39. The Labute approximate surface area is 241 Å². The van der Waals surface area contributed by atoms with E-state index in [4.69, 9.17) is 14.2 Å². The molecule has 1 fully saturated rings. The lowest BCUT2D eigenvalue weighted by Crippen LogP contribution is -2.62. The molecule has 1 aliphatic rings. The maximum Gasteiger partial charge on any atom is 0.162 e. The molecule has 0 spiro atoms. The number of hydrogen-bond acceptors (Lipinski definition) is 4. The first-order valence-corrected chi connectivity index (χ1v) is 14.2. The third kappa shape index (κ3) is 7.86. The van der Waals surface area contributed by atoms with E-state index in [1.54, 1.807) is 12.1 Å². The molecular weight excluding hydrogens is 520 g/mol. The highest BCUT2D eigenvalue weighted by Gasteiger charge is 2.44. The zero-order valence-corrected chi connectivity index (χ0v) is 23.4. The van der Waals surface area contributed by atoms with E-state index in [0.29, 0.717) is 44.9 Å². The molecule has 0 aliphatic carbocycles. The Morgan fingerprint density at radius 2 is 1.15 bits per heavy atom. The van der Waals surface area contributed by atoms with E-state index < -0.39 is 11.6 Å². The van der Waals surface area contributed by atoms with Crippen LogP contribution < -0.4 is 0 Å². The fourth-order valence-corrected chi connectivity index (χ4v) is 5.39. The molecule has 6 heteroatoms. The number of rotatable bonds is 12. The van der Waals surface area contributed by atoms with Crippen LogP contribution in [0.2, 0.25) is 0 Å². The summed E-state index contributed by atoms with van der Waals surface area (Å²) in [5.41, 5.74) is 3.58. The molecule has 4 nitrogen and oxygen atoms in total. The van der Waals surface area contributed by atoms with E-state index in [9.17, 15) is 8.78 Å². The van der Waals surface area contributed by atoms with E-state index in [-0.39, 0.29) is 24.4 Å². The summed E-state index contributed by atoms with van der Waals surface area (Å²) in [6, 6.07) is 34.5. The normalized spacial score (nSPS) is 21.1. The minimum absolute atomic E-state index is 0.0484. The molecule has 4 aromatic rings. The van der Waals surface area contributed by atoms with Crippen molar-refractivity contribution in [3.05, 3.63) is 143 Å². The summed E-state index contributed by atoms with van der Waals surface area (Å²) >= 11 is 0. The Morgan fingerprint density at radius 1 is 0.634 bits per heavy atom. The van der Waals surface area contributed by atoms with Gasteiger partial charge >= 0.3 is 0 Å². The molecular formula is C35H37F2NO3. The topological polar surface area (TPSA) is 30.9 Å². The highest BCUT2D eigenvalue weighted by Crippen LogP contribution is 2.29. The monoisotopic (exact) mass is 557 g/mol. The second-order valence-electron chi connectivity index (χ2n) is 10.6. The Bertz CT molecular complexity index is 1340.